The van der Waals surface area contributed by atoms with Crippen LogP contribution in [-0.4, -0.2) is 36.9 Å². The summed E-state index contributed by atoms with van der Waals surface area (Å²) in [6.07, 6.45) is 1.49. The number of carbonyl (C=O) groups is 1. The van der Waals surface area contributed by atoms with Gasteiger partial charge in [0.15, 0.2) is 0 Å². The molecule has 0 aromatic carbocycles. The minimum absolute atomic E-state index is 0.0109. The molecular formula is C10H13NO4S2. The number of aromatic carboxylic acids is 1. The Kier molecular flexibility index (Phi) is 4.44. The van der Waals surface area contributed by atoms with Gasteiger partial charge in [-0.25, -0.2) is 13.2 Å². The molecule has 0 saturated heterocycles. The number of carboxylic acid groups (broad SMARTS) is 1. The molecule has 0 amide bonds. The highest BCUT2D eigenvalue weighted by molar-refractivity contribution is 7.91. The topological polar surface area (TPSA) is 74.7 Å². The molecule has 1 heterocycles. The Morgan fingerprint density at radius 3 is 2.71 bits per heavy atom. The fraction of sp³-hybridized carbons (Fsp3) is 0.300. The van der Waals surface area contributed by atoms with Crippen molar-refractivity contribution in [3.8, 4) is 0 Å². The Morgan fingerprint density at radius 1 is 1.65 bits per heavy atom. The van der Waals surface area contributed by atoms with Crippen molar-refractivity contribution in [2.75, 3.05) is 13.1 Å². The number of sulfonamides is 1. The highest BCUT2D eigenvalue weighted by atomic mass is 32.2. The molecule has 0 saturated carbocycles. The second-order valence-electron chi connectivity index (χ2n) is 3.20. The van der Waals surface area contributed by atoms with Gasteiger partial charge in [0.05, 0.1) is 5.56 Å². The van der Waals surface area contributed by atoms with Gasteiger partial charge in [0, 0.05) is 18.5 Å². The van der Waals surface area contributed by atoms with E-state index in [9.17, 15) is 13.2 Å². The molecule has 0 aliphatic carbocycles. The van der Waals surface area contributed by atoms with Crippen molar-refractivity contribution in [2.24, 2.45) is 0 Å². The summed E-state index contributed by atoms with van der Waals surface area (Å²) < 4.78 is 25.4. The lowest BCUT2D eigenvalue weighted by Crippen LogP contribution is -2.30. The maximum absolute atomic E-state index is 12.1. The molecule has 0 bridgehead atoms. The molecule has 1 N–H and O–H groups in total. The molecule has 0 fully saturated rings. The molecule has 94 valence electrons. The third-order valence-corrected chi connectivity index (χ3v) is 5.46. The summed E-state index contributed by atoms with van der Waals surface area (Å²) in [5.74, 6) is -1.13. The van der Waals surface area contributed by atoms with Crippen molar-refractivity contribution in [1.82, 2.24) is 4.31 Å². The van der Waals surface area contributed by atoms with Crippen LogP contribution in [0.4, 0.5) is 0 Å². The number of nitrogens with zero attached hydrogens (tertiary/aromatic N) is 1. The van der Waals surface area contributed by atoms with E-state index < -0.39 is 16.0 Å². The van der Waals surface area contributed by atoms with Crippen LogP contribution in [0.25, 0.3) is 0 Å². The number of carboxylic acids is 1. The number of thiophene rings is 1. The molecule has 17 heavy (non-hydrogen) atoms. The van der Waals surface area contributed by atoms with Gasteiger partial charge < -0.3 is 5.11 Å². The third kappa shape index (κ3) is 2.93. The number of likely N-dealkylation sites (N-methyl/N-ethyl adjacent to an activating group) is 1. The molecule has 0 aliphatic heterocycles. The van der Waals surface area contributed by atoms with Crippen LogP contribution in [0.2, 0.25) is 0 Å². The Balaban J connectivity index is 3.11. The summed E-state index contributed by atoms with van der Waals surface area (Å²) >= 11 is 0.910. The zero-order valence-corrected chi connectivity index (χ0v) is 10.9. The summed E-state index contributed by atoms with van der Waals surface area (Å²) in [6.45, 7) is 5.73. The van der Waals surface area contributed by atoms with Crippen LogP contribution in [0, 0.1) is 0 Å². The van der Waals surface area contributed by atoms with Crippen molar-refractivity contribution in [3.05, 3.63) is 29.7 Å². The lowest BCUT2D eigenvalue weighted by molar-refractivity contribution is 0.0697. The average Bonchev–Trinajstić information content (AvgIpc) is 2.75. The van der Waals surface area contributed by atoms with E-state index in [4.69, 9.17) is 5.11 Å². The van der Waals surface area contributed by atoms with Gasteiger partial charge >= 0.3 is 5.97 Å². The van der Waals surface area contributed by atoms with E-state index in [1.165, 1.54) is 21.8 Å². The molecule has 0 spiro atoms. The third-order valence-electron chi connectivity index (χ3n) is 2.10. The van der Waals surface area contributed by atoms with Gasteiger partial charge in [-0.05, 0) is 6.07 Å². The van der Waals surface area contributed by atoms with Gasteiger partial charge in [0.2, 0.25) is 0 Å². The average molecular weight is 275 g/mol. The van der Waals surface area contributed by atoms with Crippen LogP contribution in [0.1, 0.15) is 17.3 Å². The molecule has 1 aromatic rings. The van der Waals surface area contributed by atoms with Gasteiger partial charge in [0.1, 0.15) is 4.21 Å². The highest BCUT2D eigenvalue weighted by Gasteiger charge is 2.24. The number of hydrogen-bond acceptors (Lipinski definition) is 4. The van der Waals surface area contributed by atoms with E-state index in [-0.39, 0.29) is 16.3 Å². The smallest absolute Gasteiger partial charge is 0.336 e. The zero-order chi connectivity index (χ0) is 13.1. The van der Waals surface area contributed by atoms with Crippen LogP contribution >= 0.6 is 11.3 Å². The van der Waals surface area contributed by atoms with Crippen molar-refractivity contribution < 1.29 is 18.3 Å². The predicted molar refractivity (Wildman–Crippen MR) is 65.9 cm³/mol. The monoisotopic (exact) mass is 275 g/mol. The van der Waals surface area contributed by atoms with E-state index in [2.05, 4.69) is 6.58 Å². The quantitative estimate of drug-likeness (QED) is 0.801. The van der Waals surface area contributed by atoms with Gasteiger partial charge in [-0.3, -0.25) is 0 Å². The van der Waals surface area contributed by atoms with E-state index in [1.807, 2.05) is 0 Å². The molecule has 1 aromatic heterocycles. The SMILES string of the molecule is C=CCN(CC)S(=O)(=O)c1cc(C(=O)O)cs1. The lowest BCUT2D eigenvalue weighted by Gasteiger charge is -2.17. The largest absolute Gasteiger partial charge is 0.478 e. The first kappa shape index (κ1) is 13.9. The molecule has 0 radical (unpaired) electrons. The van der Waals surface area contributed by atoms with E-state index in [0.717, 1.165) is 11.3 Å². The maximum Gasteiger partial charge on any atom is 0.336 e. The Labute approximate surface area is 104 Å². The summed E-state index contributed by atoms with van der Waals surface area (Å²) in [5, 5.41) is 10.1. The first-order chi connectivity index (χ1) is 7.93. The van der Waals surface area contributed by atoms with Crippen LogP contribution < -0.4 is 0 Å². The standard InChI is InChI=1S/C10H13NO4S2/c1-3-5-11(4-2)17(14,15)9-6-8(7-16-9)10(12)13/h3,6-7H,1,4-5H2,2H3,(H,12,13). The lowest BCUT2D eigenvalue weighted by atomic mass is 10.4. The summed E-state index contributed by atoms with van der Waals surface area (Å²) in [7, 11) is -3.61. The Bertz CT molecular complexity index is 518. The normalized spacial score (nSPS) is 11.6. The Hall–Kier alpha value is -1.18. The Morgan fingerprint density at radius 2 is 2.29 bits per heavy atom. The molecular weight excluding hydrogens is 262 g/mol. The van der Waals surface area contributed by atoms with Crippen LogP contribution in [0.15, 0.2) is 28.3 Å². The second kappa shape index (κ2) is 5.44. The van der Waals surface area contributed by atoms with E-state index >= 15 is 0 Å². The summed E-state index contributed by atoms with van der Waals surface area (Å²) in [5.41, 5.74) is -0.0109. The molecule has 0 atom stereocenters. The molecule has 1 rings (SSSR count). The minimum atomic E-state index is -3.61. The highest BCUT2D eigenvalue weighted by Crippen LogP contribution is 2.23. The first-order valence-corrected chi connectivity index (χ1v) is 7.18. The molecule has 7 heteroatoms. The summed E-state index contributed by atoms with van der Waals surface area (Å²) in [6, 6.07) is 1.17. The van der Waals surface area contributed by atoms with Crippen LogP contribution in [0.5, 0.6) is 0 Å². The molecule has 5 nitrogen and oxygen atoms in total. The molecule has 0 aliphatic rings. The number of rotatable bonds is 6. The van der Waals surface area contributed by atoms with Crippen LogP contribution in [0.3, 0.4) is 0 Å². The zero-order valence-electron chi connectivity index (χ0n) is 9.29. The fourth-order valence-corrected chi connectivity index (χ4v) is 3.96. The summed E-state index contributed by atoms with van der Waals surface area (Å²) in [4.78, 5) is 10.7. The van der Waals surface area contributed by atoms with Gasteiger partial charge in [-0.2, -0.15) is 4.31 Å². The predicted octanol–water partition coefficient (Wildman–Crippen LogP) is 1.64. The van der Waals surface area contributed by atoms with Gasteiger partial charge in [-0.1, -0.05) is 13.0 Å². The van der Waals surface area contributed by atoms with Gasteiger partial charge in [-0.15, -0.1) is 17.9 Å². The second-order valence-corrected chi connectivity index (χ2v) is 6.28. The van der Waals surface area contributed by atoms with Crippen LogP contribution in [-0.2, 0) is 10.0 Å². The van der Waals surface area contributed by atoms with Crippen molar-refractivity contribution in [3.63, 3.8) is 0 Å². The molecule has 0 unspecified atom stereocenters. The maximum atomic E-state index is 12.1. The van der Waals surface area contributed by atoms with E-state index in [1.54, 1.807) is 6.92 Å². The minimum Gasteiger partial charge on any atom is -0.478 e. The number of hydrogen-bond donors (Lipinski definition) is 1. The van der Waals surface area contributed by atoms with Crippen molar-refractivity contribution in [2.45, 2.75) is 11.1 Å². The van der Waals surface area contributed by atoms with Gasteiger partial charge in [0.25, 0.3) is 10.0 Å². The fourth-order valence-electron chi connectivity index (χ4n) is 1.23. The van der Waals surface area contributed by atoms with E-state index in [0.29, 0.717) is 6.54 Å². The van der Waals surface area contributed by atoms with Crippen molar-refractivity contribution in [1.29, 1.82) is 0 Å². The first-order valence-electron chi connectivity index (χ1n) is 4.86. The van der Waals surface area contributed by atoms with Crippen molar-refractivity contribution >= 4 is 27.3 Å².